The molecule has 6 nitrogen and oxygen atoms in total. The van der Waals surface area contributed by atoms with Crippen LogP contribution in [0.25, 0.3) is 0 Å². The fourth-order valence-corrected chi connectivity index (χ4v) is 2.12. The van der Waals surface area contributed by atoms with Gasteiger partial charge < -0.3 is 19.6 Å². The third-order valence-electron chi connectivity index (χ3n) is 3.29. The lowest BCUT2D eigenvalue weighted by atomic mass is 10.2. The van der Waals surface area contributed by atoms with E-state index >= 15 is 0 Å². The van der Waals surface area contributed by atoms with E-state index in [0.717, 1.165) is 16.9 Å². The number of nitrogens with zero attached hydrogens (tertiary/aromatic N) is 1. The minimum atomic E-state index is -0.312. The molecule has 0 aliphatic carbocycles. The molecule has 0 saturated carbocycles. The van der Waals surface area contributed by atoms with Crippen molar-refractivity contribution in [2.45, 2.75) is 13.8 Å². The highest BCUT2D eigenvalue weighted by molar-refractivity contribution is 5.93. The molecule has 2 aromatic carbocycles. The molecule has 1 N–H and O–H groups in total. The van der Waals surface area contributed by atoms with E-state index in [1.807, 2.05) is 50.2 Å². The van der Waals surface area contributed by atoms with E-state index in [1.165, 1.54) is 6.21 Å². The minimum absolute atomic E-state index is 0.190. The molecule has 0 radical (unpaired) electrons. The van der Waals surface area contributed by atoms with Crippen LogP contribution in [0.1, 0.15) is 18.1 Å². The van der Waals surface area contributed by atoms with Crippen LogP contribution in [0.3, 0.4) is 0 Å². The van der Waals surface area contributed by atoms with Crippen LogP contribution in [0.15, 0.2) is 47.6 Å². The first kappa shape index (κ1) is 18.3. The van der Waals surface area contributed by atoms with Crippen molar-refractivity contribution in [2.24, 2.45) is 5.16 Å². The smallest absolute Gasteiger partial charge is 0.265 e. The molecule has 0 saturated heterocycles. The summed E-state index contributed by atoms with van der Waals surface area (Å²) in [5.74, 6) is 1.08. The molecule has 0 aliphatic heterocycles. The molecule has 6 heteroatoms. The Bertz CT molecular complexity index is 727. The number of aryl methyl sites for hydroxylation is 1. The summed E-state index contributed by atoms with van der Waals surface area (Å²) in [7, 11) is 1.55. The van der Waals surface area contributed by atoms with Gasteiger partial charge in [-0.25, -0.2) is 0 Å². The predicted molar refractivity (Wildman–Crippen MR) is 97.5 cm³/mol. The number of nitrogens with one attached hydrogen (secondary N) is 1. The molecule has 0 aliphatic rings. The van der Waals surface area contributed by atoms with Crippen LogP contribution < -0.4 is 14.8 Å². The third kappa shape index (κ3) is 5.84. The Morgan fingerprint density at radius 3 is 2.64 bits per heavy atom. The number of amides is 1. The first-order valence-corrected chi connectivity index (χ1v) is 7.95. The minimum Gasteiger partial charge on any atom is -0.495 e. The molecule has 1 amide bonds. The number of hydrogen-bond acceptors (Lipinski definition) is 5. The van der Waals surface area contributed by atoms with Crippen molar-refractivity contribution in [1.29, 1.82) is 0 Å². The van der Waals surface area contributed by atoms with Crippen molar-refractivity contribution < 1.29 is 19.1 Å². The molecule has 132 valence electrons. The number of benzene rings is 2. The van der Waals surface area contributed by atoms with Gasteiger partial charge in [0.2, 0.25) is 0 Å². The highest BCUT2D eigenvalue weighted by atomic mass is 16.6. The number of carbonyl (C=O) groups is 1. The van der Waals surface area contributed by atoms with Gasteiger partial charge in [0.1, 0.15) is 11.5 Å². The second-order valence-corrected chi connectivity index (χ2v) is 5.26. The van der Waals surface area contributed by atoms with Crippen molar-refractivity contribution in [3.63, 3.8) is 0 Å². The standard InChI is InChI=1S/C19H22N2O4/c1-4-24-16-8-6-15(7-9-16)12-20-25-13-19(22)21-17-11-14(2)5-10-18(17)23-3/h5-12H,4,13H2,1-3H3,(H,21,22)/b20-12+. The number of methoxy groups -OCH3 is 1. The zero-order valence-electron chi connectivity index (χ0n) is 14.6. The summed E-state index contributed by atoms with van der Waals surface area (Å²) < 4.78 is 10.6. The van der Waals surface area contributed by atoms with E-state index < -0.39 is 0 Å². The topological polar surface area (TPSA) is 69.2 Å². The molecule has 0 aromatic heterocycles. The second-order valence-electron chi connectivity index (χ2n) is 5.26. The van der Waals surface area contributed by atoms with Crippen LogP contribution in [-0.2, 0) is 9.63 Å². The Morgan fingerprint density at radius 1 is 1.20 bits per heavy atom. The summed E-state index contributed by atoms with van der Waals surface area (Å²) in [6.07, 6.45) is 1.54. The highest BCUT2D eigenvalue weighted by Crippen LogP contribution is 2.24. The summed E-state index contributed by atoms with van der Waals surface area (Å²) in [5, 5.41) is 6.54. The maximum atomic E-state index is 11.9. The van der Waals surface area contributed by atoms with E-state index in [0.29, 0.717) is 18.0 Å². The Labute approximate surface area is 147 Å². The zero-order valence-corrected chi connectivity index (χ0v) is 14.6. The Kier molecular flexibility index (Phi) is 6.83. The molecule has 0 unspecified atom stereocenters. The van der Waals surface area contributed by atoms with Crippen LogP contribution in [0.4, 0.5) is 5.69 Å². The maximum absolute atomic E-state index is 11.9. The number of hydrogen-bond donors (Lipinski definition) is 1. The van der Waals surface area contributed by atoms with Crippen molar-refractivity contribution in [1.82, 2.24) is 0 Å². The SMILES string of the molecule is CCOc1ccc(/C=N/OCC(=O)Nc2cc(C)ccc2OC)cc1. The number of oxime groups is 1. The van der Waals surface area contributed by atoms with E-state index in [4.69, 9.17) is 14.3 Å². The van der Waals surface area contributed by atoms with Crippen molar-refractivity contribution in [3.8, 4) is 11.5 Å². The van der Waals surface area contributed by atoms with Crippen LogP contribution in [0.5, 0.6) is 11.5 Å². The molecular weight excluding hydrogens is 320 g/mol. The van der Waals surface area contributed by atoms with Gasteiger partial charge in [-0.05, 0) is 61.4 Å². The van der Waals surface area contributed by atoms with Crippen LogP contribution in [-0.4, -0.2) is 32.4 Å². The summed E-state index contributed by atoms with van der Waals surface area (Å²) in [6, 6.07) is 13.0. The zero-order chi connectivity index (χ0) is 18.1. The lowest BCUT2D eigenvalue weighted by Crippen LogP contribution is -2.17. The summed E-state index contributed by atoms with van der Waals surface area (Å²) in [6.45, 7) is 4.30. The fourth-order valence-electron chi connectivity index (χ4n) is 2.12. The lowest BCUT2D eigenvalue weighted by molar-refractivity contribution is -0.120. The van der Waals surface area contributed by atoms with Gasteiger partial charge in [0.15, 0.2) is 6.61 Å². The largest absolute Gasteiger partial charge is 0.495 e. The number of anilines is 1. The van der Waals surface area contributed by atoms with E-state index in [1.54, 1.807) is 13.2 Å². The Balaban J connectivity index is 1.83. The Hall–Kier alpha value is -3.02. The predicted octanol–water partition coefficient (Wildman–Crippen LogP) is 3.39. The fraction of sp³-hybridized carbons (Fsp3) is 0.263. The van der Waals surface area contributed by atoms with Gasteiger partial charge in [-0.2, -0.15) is 0 Å². The van der Waals surface area contributed by atoms with E-state index in [9.17, 15) is 4.79 Å². The summed E-state index contributed by atoms with van der Waals surface area (Å²) in [5.41, 5.74) is 2.47. The van der Waals surface area contributed by atoms with Gasteiger partial charge in [-0.1, -0.05) is 11.2 Å². The van der Waals surface area contributed by atoms with Gasteiger partial charge in [0, 0.05) is 0 Å². The van der Waals surface area contributed by atoms with Gasteiger partial charge in [0.05, 0.1) is 25.6 Å². The number of rotatable bonds is 8. The monoisotopic (exact) mass is 342 g/mol. The van der Waals surface area contributed by atoms with Crippen molar-refractivity contribution in [3.05, 3.63) is 53.6 Å². The van der Waals surface area contributed by atoms with Gasteiger partial charge in [-0.15, -0.1) is 0 Å². The first-order valence-electron chi connectivity index (χ1n) is 7.95. The molecular formula is C19H22N2O4. The highest BCUT2D eigenvalue weighted by Gasteiger charge is 2.08. The molecule has 2 rings (SSSR count). The molecule has 25 heavy (non-hydrogen) atoms. The van der Waals surface area contributed by atoms with Crippen LogP contribution in [0.2, 0.25) is 0 Å². The normalized spacial score (nSPS) is 10.5. The van der Waals surface area contributed by atoms with Gasteiger partial charge in [0.25, 0.3) is 5.91 Å². The second kappa shape index (κ2) is 9.32. The van der Waals surface area contributed by atoms with Crippen molar-refractivity contribution in [2.75, 3.05) is 25.6 Å². The molecule has 0 fully saturated rings. The summed E-state index contributed by atoms with van der Waals surface area (Å²) >= 11 is 0. The number of carbonyl (C=O) groups excluding carboxylic acids is 1. The quantitative estimate of drug-likeness (QED) is 0.590. The first-order chi connectivity index (χ1) is 12.1. The van der Waals surface area contributed by atoms with Crippen molar-refractivity contribution >= 4 is 17.8 Å². The lowest BCUT2D eigenvalue weighted by Gasteiger charge is -2.10. The molecule has 0 bridgehead atoms. The maximum Gasteiger partial charge on any atom is 0.265 e. The van der Waals surface area contributed by atoms with Crippen LogP contribution >= 0.6 is 0 Å². The average molecular weight is 342 g/mol. The van der Waals surface area contributed by atoms with Gasteiger partial charge in [-0.3, -0.25) is 4.79 Å². The molecule has 2 aromatic rings. The van der Waals surface area contributed by atoms with E-state index in [-0.39, 0.29) is 12.5 Å². The van der Waals surface area contributed by atoms with Gasteiger partial charge >= 0.3 is 0 Å². The molecule has 0 heterocycles. The molecule has 0 atom stereocenters. The van der Waals surface area contributed by atoms with Crippen LogP contribution in [0, 0.1) is 6.92 Å². The average Bonchev–Trinajstić information content (AvgIpc) is 2.60. The van der Waals surface area contributed by atoms with E-state index in [2.05, 4.69) is 10.5 Å². The summed E-state index contributed by atoms with van der Waals surface area (Å²) in [4.78, 5) is 17.0. The number of ether oxygens (including phenoxy) is 2. The third-order valence-corrected chi connectivity index (χ3v) is 3.29. The Morgan fingerprint density at radius 2 is 1.96 bits per heavy atom. The molecule has 0 spiro atoms.